The summed E-state index contributed by atoms with van der Waals surface area (Å²) in [5, 5.41) is 9.66. The van der Waals surface area contributed by atoms with Gasteiger partial charge in [0.2, 0.25) is 0 Å². The fraction of sp³-hybridized carbons (Fsp3) is 0.263. The van der Waals surface area contributed by atoms with Crippen molar-refractivity contribution in [3.05, 3.63) is 65.5 Å². The van der Waals surface area contributed by atoms with Crippen molar-refractivity contribution in [1.82, 2.24) is 0 Å². The summed E-state index contributed by atoms with van der Waals surface area (Å²) in [5.74, 6) is -1.39. The molecule has 0 bridgehead atoms. The number of rotatable bonds is 6. The number of ether oxygens (including phenoxy) is 2. The monoisotopic (exact) mass is 327 g/mol. The predicted molar refractivity (Wildman–Crippen MR) is 87.1 cm³/mol. The van der Waals surface area contributed by atoms with Crippen molar-refractivity contribution in [3.63, 3.8) is 0 Å². The van der Waals surface area contributed by atoms with Gasteiger partial charge in [-0.15, -0.1) is 0 Å². The standard InChI is InChI=1S/C19H18FNO3/c1-23-16-8-4-6-14(10-16)17(11-19(22)24-2)18(12-21)13-5-3-7-15(20)9-13/h3-10,17-18H,11H2,1-2H3. The Balaban J connectivity index is 2.47. The molecule has 2 aromatic carbocycles. The Morgan fingerprint density at radius 2 is 1.88 bits per heavy atom. The second-order valence-electron chi connectivity index (χ2n) is 5.33. The third kappa shape index (κ3) is 4.11. The van der Waals surface area contributed by atoms with E-state index in [2.05, 4.69) is 6.07 Å². The zero-order chi connectivity index (χ0) is 17.5. The SMILES string of the molecule is COC(=O)CC(c1cccc(OC)c1)C(C#N)c1cccc(F)c1. The fourth-order valence-corrected chi connectivity index (χ4v) is 2.66. The number of nitrogens with zero attached hydrogens (tertiary/aromatic N) is 1. The van der Waals surface area contributed by atoms with Crippen LogP contribution in [0.25, 0.3) is 0 Å². The molecule has 2 atom stereocenters. The van der Waals surface area contributed by atoms with Gasteiger partial charge in [-0.2, -0.15) is 5.26 Å². The smallest absolute Gasteiger partial charge is 0.306 e. The molecule has 0 spiro atoms. The summed E-state index contributed by atoms with van der Waals surface area (Å²) in [4.78, 5) is 11.8. The highest BCUT2D eigenvalue weighted by Gasteiger charge is 2.28. The zero-order valence-corrected chi connectivity index (χ0v) is 13.5. The van der Waals surface area contributed by atoms with E-state index >= 15 is 0 Å². The van der Waals surface area contributed by atoms with Crippen molar-refractivity contribution in [2.75, 3.05) is 14.2 Å². The predicted octanol–water partition coefficient (Wildman–Crippen LogP) is 3.79. The number of methoxy groups -OCH3 is 2. The van der Waals surface area contributed by atoms with E-state index in [9.17, 15) is 14.4 Å². The highest BCUT2D eigenvalue weighted by molar-refractivity contribution is 5.71. The van der Waals surface area contributed by atoms with Gasteiger partial charge in [0.1, 0.15) is 11.6 Å². The van der Waals surface area contributed by atoms with Gasteiger partial charge >= 0.3 is 5.97 Å². The van der Waals surface area contributed by atoms with E-state index in [1.807, 2.05) is 6.07 Å². The Morgan fingerprint density at radius 1 is 1.17 bits per heavy atom. The molecule has 2 rings (SSSR count). The maximum atomic E-state index is 13.6. The van der Waals surface area contributed by atoms with Gasteiger partial charge in [0.15, 0.2) is 0 Å². The van der Waals surface area contributed by atoms with Crippen molar-refractivity contribution in [1.29, 1.82) is 5.26 Å². The maximum absolute atomic E-state index is 13.6. The van der Waals surface area contributed by atoms with Crippen LogP contribution in [-0.4, -0.2) is 20.2 Å². The average Bonchev–Trinajstić information content (AvgIpc) is 2.61. The lowest BCUT2D eigenvalue weighted by Crippen LogP contribution is -2.16. The van der Waals surface area contributed by atoms with Crippen LogP contribution in [0.3, 0.4) is 0 Å². The second-order valence-corrected chi connectivity index (χ2v) is 5.33. The number of benzene rings is 2. The lowest BCUT2D eigenvalue weighted by molar-refractivity contribution is -0.141. The Labute approximate surface area is 140 Å². The Morgan fingerprint density at radius 3 is 2.50 bits per heavy atom. The summed E-state index contributed by atoms with van der Waals surface area (Å²) in [7, 11) is 2.84. The molecule has 0 aliphatic carbocycles. The van der Waals surface area contributed by atoms with Crippen LogP contribution in [0, 0.1) is 17.1 Å². The molecule has 0 saturated carbocycles. The van der Waals surface area contributed by atoms with Crippen LogP contribution >= 0.6 is 0 Å². The van der Waals surface area contributed by atoms with Gasteiger partial charge in [-0.05, 0) is 35.4 Å². The summed E-state index contributed by atoms with van der Waals surface area (Å²) >= 11 is 0. The summed E-state index contributed by atoms with van der Waals surface area (Å²) in [6.45, 7) is 0. The molecule has 0 N–H and O–H groups in total. The first-order valence-corrected chi connectivity index (χ1v) is 7.45. The second kappa shape index (κ2) is 8.11. The van der Waals surface area contributed by atoms with E-state index in [4.69, 9.17) is 9.47 Å². The number of esters is 1. The van der Waals surface area contributed by atoms with E-state index in [0.29, 0.717) is 11.3 Å². The normalized spacial score (nSPS) is 12.8. The molecule has 0 saturated heterocycles. The fourth-order valence-electron chi connectivity index (χ4n) is 2.66. The molecule has 0 aliphatic rings. The minimum atomic E-state index is -0.688. The van der Waals surface area contributed by atoms with E-state index in [-0.39, 0.29) is 6.42 Å². The lowest BCUT2D eigenvalue weighted by Gasteiger charge is -2.22. The van der Waals surface area contributed by atoms with Crippen molar-refractivity contribution in [2.24, 2.45) is 0 Å². The van der Waals surface area contributed by atoms with Crippen molar-refractivity contribution >= 4 is 5.97 Å². The maximum Gasteiger partial charge on any atom is 0.306 e. The highest BCUT2D eigenvalue weighted by atomic mass is 19.1. The Hall–Kier alpha value is -2.87. The molecule has 2 aromatic rings. The van der Waals surface area contributed by atoms with Gasteiger partial charge in [0.25, 0.3) is 0 Å². The first-order chi connectivity index (χ1) is 11.6. The first kappa shape index (κ1) is 17.5. The van der Waals surface area contributed by atoms with Crippen molar-refractivity contribution in [2.45, 2.75) is 18.3 Å². The molecule has 124 valence electrons. The van der Waals surface area contributed by atoms with Gasteiger partial charge in [-0.25, -0.2) is 4.39 Å². The zero-order valence-electron chi connectivity index (χ0n) is 13.5. The van der Waals surface area contributed by atoms with E-state index in [1.54, 1.807) is 37.4 Å². The number of halogens is 1. The minimum absolute atomic E-state index is 0.0123. The molecular formula is C19H18FNO3. The van der Waals surface area contributed by atoms with Crippen LogP contribution < -0.4 is 4.74 Å². The van der Waals surface area contributed by atoms with Gasteiger partial charge < -0.3 is 9.47 Å². The van der Waals surface area contributed by atoms with E-state index < -0.39 is 23.6 Å². The topological polar surface area (TPSA) is 59.3 Å². The molecule has 2 unspecified atom stereocenters. The van der Waals surface area contributed by atoms with Crippen LogP contribution in [0.1, 0.15) is 29.4 Å². The first-order valence-electron chi connectivity index (χ1n) is 7.45. The number of carbonyl (C=O) groups is 1. The molecule has 0 radical (unpaired) electrons. The largest absolute Gasteiger partial charge is 0.497 e. The summed E-state index contributed by atoms with van der Waals surface area (Å²) in [5.41, 5.74) is 1.28. The molecule has 0 aliphatic heterocycles. The molecule has 0 aromatic heterocycles. The van der Waals surface area contributed by atoms with Crippen LogP contribution in [0.5, 0.6) is 5.75 Å². The number of nitriles is 1. The van der Waals surface area contributed by atoms with Crippen LogP contribution in [0.15, 0.2) is 48.5 Å². The molecular weight excluding hydrogens is 309 g/mol. The van der Waals surface area contributed by atoms with Crippen LogP contribution in [-0.2, 0) is 9.53 Å². The molecule has 5 heteroatoms. The average molecular weight is 327 g/mol. The molecule has 0 heterocycles. The Kier molecular flexibility index (Phi) is 5.91. The lowest BCUT2D eigenvalue weighted by atomic mass is 9.80. The van der Waals surface area contributed by atoms with Crippen molar-refractivity contribution < 1.29 is 18.7 Å². The van der Waals surface area contributed by atoms with Crippen molar-refractivity contribution in [3.8, 4) is 11.8 Å². The van der Waals surface area contributed by atoms with Crippen LogP contribution in [0.4, 0.5) is 4.39 Å². The van der Waals surface area contributed by atoms with Crippen LogP contribution in [0.2, 0.25) is 0 Å². The molecule has 24 heavy (non-hydrogen) atoms. The summed E-state index contributed by atoms with van der Waals surface area (Å²) < 4.78 is 23.5. The van der Waals surface area contributed by atoms with Gasteiger partial charge in [0.05, 0.1) is 32.6 Å². The van der Waals surface area contributed by atoms with Gasteiger partial charge in [0, 0.05) is 5.92 Å². The van der Waals surface area contributed by atoms with E-state index in [0.717, 1.165) is 5.56 Å². The number of carbonyl (C=O) groups excluding carboxylic acids is 1. The number of hydrogen-bond donors (Lipinski definition) is 0. The van der Waals surface area contributed by atoms with Gasteiger partial charge in [-0.1, -0.05) is 24.3 Å². The molecule has 0 amide bonds. The minimum Gasteiger partial charge on any atom is -0.497 e. The van der Waals surface area contributed by atoms with Gasteiger partial charge in [-0.3, -0.25) is 4.79 Å². The third-order valence-electron chi connectivity index (χ3n) is 3.89. The summed E-state index contributed by atoms with van der Waals surface area (Å²) in [6.07, 6.45) is 0.0123. The quantitative estimate of drug-likeness (QED) is 0.758. The molecule has 0 fully saturated rings. The number of hydrogen-bond acceptors (Lipinski definition) is 4. The third-order valence-corrected chi connectivity index (χ3v) is 3.89. The van der Waals surface area contributed by atoms with E-state index in [1.165, 1.54) is 19.2 Å². The highest BCUT2D eigenvalue weighted by Crippen LogP contribution is 2.37. The summed E-state index contributed by atoms with van der Waals surface area (Å²) in [6, 6.07) is 15.2. The Bertz CT molecular complexity index is 754. The molecule has 4 nitrogen and oxygen atoms in total.